The van der Waals surface area contributed by atoms with E-state index in [2.05, 4.69) is 58.5 Å². The molecule has 21 heavy (non-hydrogen) atoms. The first-order valence-electron chi connectivity index (χ1n) is 8.62. The monoisotopic (exact) mass is 295 g/mol. The maximum absolute atomic E-state index is 6.37. The van der Waals surface area contributed by atoms with E-state index < -0.39 is 0 Å². The third-order valence-corrected chi connectivity index (χ3v) is 5.86. The normalized spacial score (nSPS) is 35.3. The second kappa shape index (κ2) is 5.50. The highest BCUT2D eigenvalue weighted by atomic mass is 15.3. The maximum atomic E-state index is 6.37. The molecule has 3 nitrogen and oxygen atoms in total. The van der Waals surface area contributed by atoms with Gasteiger partial charge in [-0.3, -0.25) is 4.90 Å². The molecule has 0 aromatic rings. The molecule has 0 radical (unpaired) electrons. The van der Waals surface area contributed by atoms with Crippen molar-refractivity contribution in [1.82, 2.24) is 9.80 Å². The Kier molecular flexibility index (Phi) is 4.52. The van der Waals surface area contributed by atoms with E-state index in [1.54, 1.807) is 0 Å². The Morgan fingerprint density at radius 3 is 1.90 bits per heavy atom. The van der Waals surface area contributed by atoms with Crippen molar-refractivity contribution in [1.29, 1.82) is 0 Å². The zero-order valence-corrected chi connectivity index (χ0v) is 15.4. The minimum atomic E-state index is 0.199. The number of likely N-dealkylation sites (N-methyl/N-ethyl adjacent to an activating group) is 1. The van der Waals surface area contributed by atoms with Gasteiger partial charge >= 0.3 is 0 Å². The van der Waals surface area contributed by atoms with Crippen molar-refractivity contribution in [2.24, 2.45) is 22.5 Å². The Labute approximate surface area is 132 Å². The lowest BCUT2D eigenvalue weighted by Gasteiger charge is -2.55. The van der Waals surface area contributed by atoms with Crippen LogP contribution in [0.15, 0.2) is 0 Å². The fourth-order valence-corrected chi connectivity index (χ4v) is 5.77. The molecule has 0 aromatic carbocycles. The van der Waals surface area contributed by atoms with Crippen LogP contribution < -0.4 is 5.73 Å². The number of hydrogen-bond donors (Lipinski definition) is 1. The van der Waals surface area contributed by atoms with Gasteiger partial charge in [0.1, 0.15) is 0 Å². The molecular weight excluding hydrogens is 258 g/mol. The highest BCUT2D eigenvalue weighted by Gasteiger charge is 2.52. The third-order valence-electron chi connectivity index (χ3n) is 5.86. The highest BCUT2D eigenvalue weighted by molar-refractivity contribution is 5.07. The smallest absolute Gasteiger partial charge is 0.0342 e. The number of nitrogens with zero attached hydrogens (tertiary/aromatic N) is 2. The Bertz CT molecular complexity index is 357. The van der Waals surface area contributed by atoms with Crippen LogP contribution in [0.5, 0.6) is 0 Å². The van der Waals surface area contributed by atoms with Gasteiger partial charge in [0.15, 0.2) is 0 Å². The second-order valence-corrected chi connectivity index (χ2v) is 9.70. The first kappa shape index (κ1) is 17.2. The van der Waals surface area contributed by atoms with Crippen LogP contribution in [-0.2, 0) is 0 Å². The van der Waals surface area contributed by atoms with Gasteiger partial charge in [-0.1, -0.05) is 34.6 Å². The van der Waals surface area contributed by atoms with Crippen LogP contribution in [0.2, 0.25) is 0 Å². The van der Waals surface area contributed by atoms with E-state index in [9.17, 15) is 0 Å². The molecule has 1 aliphatic carbocycles. The molecule has 1 saturated heterocycles. The lowest BCUT2D eigenvalue weighted by molar-refractivity contribution is -0.0361. The summed E-state index contributed by atoms with van der Waals surface area (Å²) < 4.78 is 0. The first-order valence-corrected chi connectivity index (χ1v) is 8.62. The van der Waals surface area contributed by atoms with Crippen LogP contribution in [0, 0.1) is 16.7 Å². The summed E-state index contributed by atoms with van der Waals surface area (Å²) in [4.78, 5) is 5.14. The van der Waals surface area contributed by atoms with E-state index in [-0.39, 0.29) is 5.54 Å². The summed E-state index contributed by atoms with van der Waals surface area (Å²) in [6, 6.07) is 0.668. The van der Waals surface area contributed by atoms with Gasteiger partial charge in [-0.05, 0) is 50.1 Å². The zero-order valence-electron chi connectivity index (χ0n) is 15.4. The lowest BCUT2D eigenvalue weighted by atomic mass is 9.58. The average molecular weight is 296 g/mol. The van der Waals surface area contributed by atoms with E-state index >= 15 is 0 Å². The quantitative estimate of drug-likeness (QED) is 0.869. The Balaban J connectivity index is 2.26. The molecular formula is C18H37N3. The molecule has 2 atom stereocenters. The molecule has 1 saturated carbocycles. The molecule has 3 heteroatoms. The van der Waals surface area contributed by atoms with Gasteiger partial charge < -0.3 is 10.6 Å². The van der Waals surface area contributed by atoms with Crippen molar-refractivity contribution in [2.75, 3.05) is 33.7 Å². The molecule has 0 spiro atoms. The summed E-state index contributed by atoms with van der Waals surface area (Å²) in [6.45, 7) is 15.3. The molecule has 1 aliphatic heterocycles. The summed E-state index contributed by atoms with van der Waals surface area (Å²) in [7, 11) is 4.43. The maximum Gasteiger partial charge on any atom is 0.0342 e. The fourth-order valence-electron chi connectivity index (χ4n) is 5.77. The van der Waals surface area contributed by atoms with Gasteiger partial charge in [0.2, 0.25) is 0 Å². The fraction of sp³-hybridized carbons (Fsp3) is 1.00. The van der Waals surface area contributed by atoms with Gasteiger partial charge in [0.05, 0.1) is 0 Å². The molecule has 2 N–H and O–H groups in total. The lowest BCUT2D eigenvalue weighted by Crippen LogP contribution is -2.60. The second-order valence-electron chi connectivity index (χ2n) is 9.70. The van der Waals surface area contributed by atoms with Crippen molar-refractivity contribution in [3.05, 3.63) is 0 Å². The molecule has 0 bridgehead atoms. The van der Waals surface area contributed by atoms with Gasteiger partial charge in [-0.2, -0.15) is 0 Å². The molecule has 2 unspecified atom stereocenters. The predicted molar refractivity (Wildman–Crippen MR) is 91.4 cm³/mol. The molecule has 0 aromatic heterocycles. The summed E-state index contributed by atoms with van der Waals surface area (Å²) >= 11 is 0. The van der Waals surface area contributed by atoms with Crippen LogP contribution in [0.4, 0.5) is 0 Å². The molecule has 0 amide bonds. The van der Waals surface area contributed by atoms with Crippen LogP contribution in [-0.4, -0.2) is 55.1 Å². The van der Waals surface area contributed by atoms with Crippen molar-refractivity contribution >= 4 is 0 Å². The molecule has 2 aliphatic rings. The third kappa shape index (κ3) is 3.46. The van der Waals surface area contributed by atoms with Crippen LogP contribution in [0.25, 0.3) is 0 Å². The van der Waals surface area contributed by atoms with Crippen molar-refractivity contribution < 1.29 is 0 Å². The van der Waals surface area contributed by atoms with E-state index in [0.717, 1.165) is 12.5 Å². The minimum Gasteiger partial charge on any atom is -0.329 e. The van der Waals surface area contributed by atoms with Crippen LogP contribution >= 0.6 is 0 Å². The SMILES string of the molecule is CC1CN(C2(CN)CC(C)(C)CC(C)(C)C2)CC1N(C)C. The summed E-state index contributed by atoms with van der Waals surface area (Å²) in [5, 5.41) is 0. The van der Waals surface area contributed by atoms with Crippen molar-refractivity contribution in [3.8, 4) is 0 Å². The van der Waals surface area contributed by atoms with E-state index in [0.29, 0.717) is 16.9 Å². The van der Waals surface area contributed by atoms with E-state index in [1.807, 2.05) is 0 Å². The van der Waals surface area contributed by atoms with E-state index in [4.69, 9.17) is 5.73 Å². The van der Waals surface area contributed by atoms with Gasteiger partial charge in [0.25, 0.3) is 0 Å². The van der Waals surface area contributed by atoms with Crippen LogP contribution in [0.3, 0.4) is 0 Å². The van der Waals surface area contributed by atoms with E-state index in [1.165, 1.54) is 32.4 Å². The zero-order chi connectivity index (χ0) is 16.1. The summed E-state index contributed by atoms with van der Waals surface area (Å²) in [6.07, 6.45) is 3.79. The first-order chi connectivity index (χ1) is 9.50. The molecule has 2 rings (SSSR count). The van der Waals surface area contributed by atoms with Gasteiger partial charge in [-0.15, -0.1) is 0 Å². The predicted octanol–water partition coefficient (Wildman–Crippen LogP) is 2.80. The number of hydrogen-bond acceptors (Lipinski definition) is 3. The summed E-state index contributed by atoms with van der Waals surface area (Å²) in [5.41, 5.74) is 7.35. The van der Waals surface area contributed by atoms with Crippen LogP contribution in [0.1, 0.15) is 53.9 Å². The molecule has 2 fully saturated rings. The highest BCUT2D eigenvalue weighted by Crippen LogP contribution is 2.52. The number of nitrogens with two attached hydrogens (primary N) is 1. The molecule has 1 heterocycles. The van der Waals surface area contributed by atoms with Gasteiger partial charge in [0, 0.05) is 31.2 Å². The Hall–Kier alpha value is -0.120. The standard InChI is InChI=1S/C18H37N3/c1-14-8-21(9-15(14)20(6)7)18(13-19)11-16(2,3)10-17(4,5)12-18/h14-15H,8-13,19H2,1-7H3. The van der Waals surface area contributed by atoms with Gasteiger partial charge in [-0.25, -0.2) is 0 Å². The molecule has 124 valence electrons. The average Bonchev–Trinajstić information content (AvgIpc) is 2.67. The Morgan fingerprint density at radius 2 is 1.52 bits per heavy atom. The largest absolute Gasteiger partial charge is 0.329 e. The van der Waals surface area contributed by atoms with Crippen molar-refractivity contribution in [3.63, 3.8) is 0 Å². The summed E-state index contributed by atoms with van der Waals surface area (Å²) in [5.74, 6) is 0.733. The minimum absolute atomic E-state index is 0.199. The number of rotatable bonds is 3. The topological polar surface area (TPSA) is 32.5 Å². The Morgan fingerprint density at radius 1 is 1.00 bits per heavy atom. The number of likely N-dealkylation sites (tertiary alicyclic amines) is 1. The van der Waals surface area contributed by atoms with Crippen molar-refractivity contribution in [2.45, 2.75) is 65.5 Å².